The van der Waals surface area contributed by atoms with Crippen LogP contribution in [-0.2, 0) is 9.84 Å². The van der Waals surface area contributed by atoms with Crippen molar-refractivity contribution < 1.29 is 8.42 Å². The molecular weight excluding hydrogens is 318 g/mol. The summed E-state index contributed by atoms with van der Waals surface area (Å²) in [5.74, 6) is 0.342. The summed E-state index contributed by atoms with van der Waals surface area (Å²) in [5.41, 5.74) is 2.13. The lowest BCUT2D eigenvalue weighted by molar-refractivity contribution is 0.600. The molecule has 0 saturated carbocycles. The van der Waals surface area contributed by atoms with Crippen LogP contribution in [0, 0.1) is 0 Å². The van der Waals surface area contributed by atoms with Gasteiger partial charge in [0.1, 0.15) is 0 Å². The number of rotatable bonds is 4. The maximum absolute atomic E-state index is 11.8. The maximum atomic E-state index is 11.8. The quantitative estimate of drug-likeness (QED) is 0.837. The minimum Gasteiger partial charge on any atom is -0.372 e. The highest BCUT2D eigenvalue weighted by molar-refractivity contribution is 7.91. The Labute approximate surface area is 137 Å². The van der Waals surface area contributed by atoms with Gasteiger partial charge >= 0.3 is 0 Å². The first-order valence-electron chi connectivity index (χ1n) is 7.60. The molecule has 0 radical (unpaired) electrons. The van der Waals surface area contributed by atoms with E-state index in [0.29, 0.717) is 5.11 Å². The fraction of sp³-hybridized carbons (Fsp3) is 0.533. The third-order valence-corrected chi connectivity index (χ3v) is 6.47. The summed E-state index contributed by atoms with van der Waals surface area (Å²) in [5, 5.41) is 3.77. The zero-order valence-electron chi connectivity index (χ0n) is 12.8. The Morgan fingerprint density at radius 2 is 1.86 bits per heavy atom. The lowest BCUT2D eigenvalue weighted by Crippen LogP contribution is -2.36. The number of fused-ring (bicyclic) bond motifs is 1. The fourth-order valence-electron chi connectivity index (χ4n) is 3.32. The fourth-order valence-corrected chi connectivity index (χ4v) is 5.60. The van der Waals surface area contributed by atoms with Crippen LogP contribution in [0.4, 0.5) is 11.4 Å². The number of benzene rings is 1. The molecule has 1 aromatic rings. The van der Waals surface area contributed by atoms with Crippen LogP contribution in [0.15, 0.2) is 24.3 Å². The molecule has 7 heteroatoms. The average molecular weight is 339 g/mol. The van der Waals surface area contributed by atoms with E-state index in [9.17, 15) is 8.42 Å². The third kappa shape index (κ3) is 2.67. The van der Waals surface area contributed by atoms with Crippen molar-refractivity contribution in [1.29, 1.82) is 0 Å². The van der Waals surface area contributed by atoms with Crippen LogP contribution in [0.2, 0.25) is 0 Å². The van der Waals surface area contributed by atoms with Crippen LogP contribution in [-0.4, -0.2) is 50.2 Å². The van der Waals surface area contributed by atoms with Crippen molar-refractivity contribution >= 4 is 38.5 Å². The smallest absolute Gasteiger partial charge is 0.174 e. The molecule has 0 aromatic heterocycles. The van der Waals surface area contributed by atoms with E-state index >= 15 is 0 Å². The van der Waals surface area contributed by atoms with Gasteiger partial charge in [-0.3, -0.25) is 0 Å². The van der Waals surface area contributed by atoms with Crippen molar-refractivity contribution in [2.24, 2.45) is 0 Å². The van der Waals surface area contributed by atoms with Crippen LogP contribution >= 0.6 is 12.2 Å². The van der Waals surface area contributed by atoms with Crippen molar-refractivity contribution in [1.82, 2.24) is 5.32 Å². The molecule has 5 nitrogen and oxygen atoms in total. The van der Waals surface area contributed by atoms with Gasteiger partial charge in [-0.15, -0.1) is 0 Å². The molecule has 0 amide bonds. The Morgan fingerprint density at radius 1 is 1.23 bits per heavy atom. The Morgan fingerprint density at radius 3 is 2.45 bits per heavy atom. The van der Waals surface area contributed by atoms with Crippen LogP contribution in [0.5, 0.6) is 0 Å². The van der Waals surface area contributed by atoms with Crippen LogP contribution < -0.4 is 15.1 Å². The number of anilines is 2. The van der Waals surface area contributed by atoms with Gasteiger partial charge in [-0.05, 0) is 50.3 Å². The molecule has 2 heterocycles. The van der Waals surface area contributed by atoms with Gasteiger partial charge in [0.15, 0.2) is 14.9 Å². The van der Waals surface area contributed by atoms with Crippen molar-refractivity contribution in [3.8, 4) is 0 Å². The largest absolute Gasteiger partial charge is 0.372 e. The Bertz CT molecular complexity index is 669. The average Bonchev–Trinajstić information content (AvgIpc) is 2.91. The van der Waals surface area contributed by atoms with E-state index in [1.54, 1.807) is 0 Å². The lowest BCUT2D eigenvalue weighted by atomic mass is 10.1. The SMILES string of the molecule is CCN(CC)c1ccc(N2C(=S)N[C@@H]3CS(=O)(=O)C[C@@H]32)cc1. The number of nitrogens with one attached hydrogen (secondary N) is 1. The summed E-state index contributed by atoms with van der Waals surface area (Å²) in [6, 6.07) is 8.02. The van der Waals surface area contributed by atoms with E-state index in [0.717, 1.165) is 18.8 Å². The molecule has 22 heavy (non-hydrogen) atoms. The van der Waals surface area contributed by atoms with Gasteiger partial charge in [0, 0.05) is 24.5 Å². The number of thiocarbonyl (C=S) groups is 1. The lowest BCUT2D eigenvalue weighted by Gasteiger charge is -2.25. The van der Waals surface area contributed by atoms with E-state index < -0.39 is 9.84 Å². The summed E-state index contributed by atoms with van der Waals surface area (Å²) in [4.78, 5) is 4.23. The first-order valence-corrected chi connectivity index (χ1v) is 9.83. The standard InChI is InChI=1S/C15H21N3O2S2/c1-3-17(4-2)11-5-7-12(8-6-11)18-14-10-22(19,20)9-13(14)16-15(18)21/h5-8,13-14H,3-4,9-10H2,1-2H3,(H,16,21)/t13-,14+/m1/s1. The molecule has 1 aromatic carbocycles. The number of nitrogens with zero attached hydrogens (tertiary/aromatic N) is 2. The molecule has 2 fully saturated rings. The topological polar surface area (TPSA) is 52.6 Å². The van der Waals surface area contributed by atoms with Gasteiger partial charge in [-0.25, -0.2) is 8.42 Å². The van der Waals surface area contributed by atoms with E-state index in [4.69, 9.17) is 12.2 Å². The van der Waals surface area contributed by atoms with Crippen molar-refractivity contribution in [2.75, 3.05) is 34.4 Å². The summed E-state index contributed by atoms with van der Waals surface area (Å²) in [6.45, 7) is 6.18. The molecule has 2 aliphatic heterocycles. The summed E-state index contributed by atoms with van der Waals surface area (Å²) in [7, 11) is -2.97. The molecule has 0 aliphatic carbocycles. The predicted molar refractivity (Wildman–Crippen MR) is 94.4 cm³/mol. The molecule has 2 saturated heterocycles. The molecule has 0 bridgehead atoms. The van der Waals surface area contributed by atoms with Crippen LogP contribution in [0.25, 0.3) is 0 Å². The molecule has 2 atom stereocenters. The van der Waals surface area contributed by atoms with E-state index in [1.807, 2.05) is 17.0 Å². The first-order chi connectivity index (χ1) is 10.4. The monoisotopic (exact) mass is 339 g/mol. The molecule has 0 unspecified atom stereocenters. The summed E-state index contributed by atoms with van der Waals surface area (Å²) < 4.78 is 23.7. The zero-order valence-corrected chi connectivity index (χ0v) is 14.5. The minimum atomic E-state index is -2.97. The molecule has 120 valence electrons. The number of sulfone groups is 1. The molecule has 3 rings (SSSR count). The van der Waals surface area contributed by atoms with Gasteiger partial charge in [-0.1, -0.05) is 0 Å². The molecule has 0 spiro atoms. The second kappa shape index (κ2) is 5.70. The highest BCUT2D eigenvalue weighted by Crippen LogP contribution is 2.30. The maximum Gasteiger partial charge on any atom is 0.174 e. The van der Waals surface area contributed by atoms with Gasteiger partial charge in [0.25, 0.3) is 0 Å². The van der Waals surface area contributed by atoms with Gasteiger partial charge in [-0.2, -0.15) is 0 Å². The van der Waals surface area contributed by atoms with E-state index in [-0.39, 0.29) is 23.6 Å². The van der Waals surface area contributed by atoms with Crippen LogP contribution in [0.1, 0.15) is 13.8 Å². The summed E-state index contributed by atoms with van der Waals surface area (Å²) in [6.07, 6.45) is 0. The predicted octanol–water partition coefficient (Wildman–Crippen LogP) is 1.39. The van der Waals surface area contributed by atoms with Crippen LogP contribution in [0.3, 0.4) is 0 Å². The van der Waals surface area contributed by atoms with E-state index in [2.05, 4.69) is 36.2 Å². The molecule has 2 aliphatic rings. The molecular formula is C15H21N3O2S2. The van der Waals surface area contributed by atoms with Gasteiger partial charge in [0.2, 0.25) is 0 Å². The second-order valence-corrected chi connectivity index (χ2v) is 8.30. The highest BCUT2D eigenvalue weighted by Gasteiger charge is 2.47. The first kappa shape index (κ1) is 15.6. The summed E-state index contributed by atoms with van der Waals surface area (Å²) >= 11 is 5.39. The van der Waals surface area contributed by atoms with Crippen molar-refractivity contribution in [3.63, 3.8) is 0 Å². The second-order valence-electron chi connectivity index (χ2n) is 5.76. The Balaban J connectivity index is 1.86. The Hall–Kier alpha value is -1.34. The minimum absolute atomic E-state index is 0.0834. The van der Waals surface area contributed by atoms with Gasteiger partial charge in [0.05, 0.1) is 23.6 Å². The van der Waals surface area contributed by atoms with Gasteiger partial charge < -0.3 is 15.1 Å². The highest BCUT2D eigenvalue weighted by atomic mass is 32.2. The Kier molecular flexibility index (Phi) is 4.03. The van der Waals surface area contributed by atoms with Crippen molar-refractivity contribution in [3.05, 3.63) is 24.3 Å². The number of hydrogen-bond donors (Lipinski definition) is 1. The van der Waals surface area contributed by atoms with Crippen molar-refractivity contribution in [2.45, 2.75) is 25.9 Å². The molecule has 1 N–H and O–H groups in total. The normalized spacial score (nSPS) is 25.9. The number of hydrogen-bond acceptors (Lipinski definition) is 4. The van der Waals surface area contributed by atoms with E-state index in [1.165, 1.54) is 5.69 Å². The third-order valence-electron chi connectivity index (χ3n) is 4.44. The zero-order chi connectivity index (χ0) is 15.9.